The van der Waals surface area contributed by atoms with Crippen molar-refractivity contribution >= 4 is 23.1 Å². The third-order valence-corrected chi connectivity index (χ3v) is 5.48. The quantitative estimate of drug-likeness (QED) is 0.674. The van der Waals surface area contributed by atoms with Crippen LogP contribution in [0.4, 0.5) is 18.0 Å². The average molecular weight is 442 g/mol. The van der Waals surface area contributed by atoms with E-state index in [1.165, 1.54) is 52.5 Å². The molecule has 10 heteroatoms. The van der Waals surface area contributed by atoms with Gasteiger partial charge in [-0.1, -0.05) is 0 Å². The molecule has 0 saturated carbocycles. The van der Waals surface area contributed by atoms with Gasteiger partial charge in [0.2, 0.25) is 5.56 Å². The van der Waals surface area contributed by atoms with Crippen molar-refractivity contribution in [2.45, 2.75) is 18.6 Å². The van der Waals surface area contributed by atoms with Gasteiger partial charge in [-0.15, -0.1) is 0 Å². The summed E-state index contributed by atoms with van der Waals surface area (Å²) in [5, 5.41) is 5.78. The van der Waals surface area contributed by atoms with Crippen molar-refractivity contribution in [3.8, 4) is 5.75 Å². The highest BCUT2D eigenvalue weighted by molar-refractivity contribution is 5.80. The van der Waals surface area contributed by atoms with Crippen LogP contribution in [-0.4, -0.2) is 46.3 Å². The lowest BCUT2D eigenvalue weighted by Gasteiger charge is -2.41. The van der Waals surface area contributed by atoms with E-state index in [0.29, 0.717) is 22.9 Å². The number of fused-ring (bicyclic) bond motifs is 1. The first-order valence-corrected chi connectivity index (χ1v) is 9.93. The molecule has 1 fully saturated rings. The number of nitrogens with one attached hydrogen (secondary N) is 1. The number of urea groups is 1. The fraction of sp³-hybridized carbons (Fsp3) is 0.227. The summed E-state index contributed by atoms with van der Waals surface area (Å²) >= 11 is 0. The number of aromatic amines is 1. The number of aromatic nitrogens is 1. The van der Waals surface area contributed by atoms with Crippen LogP contribution in [0.25, 0.3) is 10.9 Å². The van der Waals surface area contributed by atoms with Crippen LogP contribution < -0.4 is 10.3 Å². The van der Waals surface area contributed by atoms with Crippen LogP contribution >= 0.6 is 0 Å². The van der Waals surface area contributed by atoms with Gasteiger partial charge < -0.3 is 14.6 Å². The number of amides is 2. The highest BCUT2D eigenvalue weighted by Gasteiger charge is 2.39. The number of ether oxygens (including phenoxy) is 1. The molecule has 0 radical (unpaired) electrons. The molecular weight excluding hydrogens is 425 g/mol. The van der Waals surface area contributed by atoms with Crippen LogP contribution in [0, 0.1) is 17.5 Å². The fourth-order valence-corrected chi connectivity index (χ4v) is 3.88. The maximum absolute atomic E-state index is 14.4. The molecule has 2 amide bonds. The van der Waals surface area contributed by atoms with Gasteiger partial charge in [-0.2, -0.15) is 5.10 Å². The molecule has 32 heavy (non-hydrogen) atoms. The van der Waals surface area contributed by atoms with Gasteiger partial charge in [-0.05, 0) is 29.8 Å². The number of hydrogen-bond donors (Lipinski definition) is 1. The molecule has 0 bridgehead atoms. The number of rotatable bonds is 3. The third kappa shape index (κ3) is 3.68. The SMILES string of the molecule is O=C(N1CC(Oc2cc3[nH]c(=O)ccc3cc2F)C1)N1N=CC[C@H]1c1cc(F)cc(F)c1. The van der Waals surface area contributed by atoms with Gasteiger partial charge in [0.15, 0.2) is 11.6 Å². The molecule has 2 aromatic carbocycles. The zero-order chi connectivity index (χ0) is 22.4. The second-order valence-electron chi connectivity index (χ2n) is 7.72. The van der Waals surface area contributed by atoms with Crippen LogP contribution in [0.5, 0.6) is 5.75 Å². The van der Waals surface area contributed by atoms with Gasteiger partial charge >= 0.3 is 6.03 Å². The molecule has 5 rings (SSSR count). The number of likely N-dealkylation sites (tertiary alicyclic amines) is 1. The van der Waals surface area contributed by atoms with Crippen molar-refractivity contribution in [3.05, 3.63) is 75.8 Å². The van der Waals surface area contributed by atoms with Gasteiger partial charge in [0.25, 0.3) is 0 Å². The van der Waals surface area contributed by atoms with E-state index in [0.717, 1.165) is 6.07 Å². The summed E-state index contributed by atoms with van der Waals surface area (Å²) in [6.45, 7) is 0.385. The Hall–Kier alpha value is -3.82. The summed E-state index contributed by atoms with van der Waals surface area (Å²) in [5.74, 6) is -2.05. The molecule has 3 aromatic rings. The molecule has 3 heterocycles. The van der Waals surface area contributed by atoms with Gasteiger partial charge in [0.1, 0.15) is 17.7 Å². The van der Waals surface area contributed by atoms with E-state index < -0.39 is 35.6 Å². The minimum absolute atomic E-state index is 0.0243. The fourth-order valence-electron chi connectivity index (χ4n) is 3.88. The maximum Gasteiger partial charge on any atom is 0.341 e. The number of hydrazone groups is 1. The monoisotopic (exact) mass is 442 g/mol. The predicted octanol–water partition coefficient (Wildman–Crippen LogP) is 3.56. The van der Waals surface area contributed by atoms with E-state index in [2.05, 4.69) is 10.1 Å². The van der Waals surface area contributed by atoms with Crippen molar-refractivity contribution in [3.63, 3.8) is 0 Å². The Bertz CT molecular complexity index is 1280. The van der Waals surface area contributed by atoms with Crippen molar-refractivity contribution in [2.75, 3.05) is 13.1 Å². The van der Waals surface area contributed by atoms with Crippen LogP contribution in [0.3, 0.4) is 0 Å². The van der Waals surface area contributed by atoms with E-state index >= 15 is 0 Å². The first kappa shape index (κ1) is 20.1. The number of carbonyl (C=O) groups excluding carboxylic acids is 1. The topological polar surface area (TPSA) is 78.0 Å². The van der Waals surface area contributed by atoms with E-state index in [9.17, 15) is 22.8 Å². The first-order valence-electron chi connectivity index (χ1n) is 9.93. The summed E-state index contributed by atoms with van der Waals surface area (Å²) in [5.41, 5.74) is 0.445. The third-order valence-electron chi connectivity index (χ3n) is 5.48. The second kappa shape index (κ2) is 7.70. The van der Waals surface area contributed by atoms with Crippen LogP contribution in [0.1, 0.15) is 18.0 Å². The van der Waals surface area contributed by atoms with E-state index in [4.69, 9.17) is 4.74 Å². The summed E-state index contributed by atoms with van der Waals surface area (Å²) in [7, 11) is 0. The highest BCUT2D eigenvalue weighted by Crippen LogP contribution is 2.32. The molecular formula is C22H17F3N4O3. The maximum atomic E-state index is 14.4. The molecule has 7 nitrogen and oxygen atoms in total. The molecule has 0 aliphatic carbocycles. The van der Waals surface area contributed by atoms with Crippen LogP contribution in [0.2, 0.25) is 0 Å². The molecule has 2 aliphatic rings. The minimum Gasteiger partial charge on any atom is -0.484 e. The van der Waals surface area contributed by atoms with E-state index in [1.807, 2.05) is 0 Å². The largest absolute Gasteiger partial charge is 0.484 e. The van der Waals surface area contributed by atoms with Crippen LogP contribution in [0.15, 0.2) is 52.4 Å². The number of pyridine rings is 1. The Labute approximate surface area is 179 Å². The summed E-state index contributed by atoms with van der Waals surface area (Å²) in [4.78, 5) is 28.4. The van der Waals surface area contributed by atoms with Gasteiger partial charge in [-0.3, -0.25) is 4.79 Å². The van der Waals surface area contributed by atoms with Crippen molar-refractivity contribution < 1.29 is 22.7 Å². The Kier molecular flexibility index (Phi) is 4.84. The molecule has 0 unspecified atom stereocenters. The van der Waals surface area contributed by atoms with Gasteiger partial charge in [-0.25, -0.2) is 23.0 Å². The normalized spacial score (nSPS) is 18.3. The van der Waals surface area contributed by atoms with Gasteiger partial charge in [0.05, 0.1) is 24.6 Å². The number of H-pyrrole nitrogens is 1. The van der Waals surface area contributed by atoms with E-state index in [1.54, 1.807) is 0 Å². The number of nitrogens with zero attached hydrogens (tertiary/aromatic N) is 3. The van der Waals surface area contributed by atoms with Crippen molar-refractivity contribution in [2.24, 2.45) is 5.10 Å². The standard InChI is InChI=1S/C22H17F3N4O3/c23-14-5-13(6-15(24)8-14)19-3-4-26-29(19)22(31)28-10-16(11-28)32-20-9-18-12(7-17(20)25)1-2-21(30)27-18/h1-2,4-9,16,19H,3,10-11H2,(H,27,30)/t19-/m0/s1. The number of carbonyl (C=O) groups is 1. The number of benzene rings is 2. The summed E-state index contributed by atoms with van der Waals surface area (Å²) in [6, 6.07) is 7.59. The Morgan fingerprint density at radius 2 is 1.81 bits per heavy atom. The zero-order valence-electron chi connectivity index (χ0n) is 16.6. The highest BCUT2D eigenvalue weighted by atomic mass is 19.1. The predicted molar refractivity (Wildman–Crippen MR) is 110 cm³/mol. The molecule has 0 spiro atoms. The Morgan fingerprint density at radius 3 is 2.56 bits per heavy atom. The zero-order valence-corrected chi connectivity index (χ0v) is 16.6. The lowest BCUT2D eigenvalue weighted by molar-refractivity contribution is 0.0258. The molecule has 1 aromatic heterocycles. The Balaban J connectivity index is 1.26. The molecule has 1 saturated heterocycles. The minimum atomic E-state index is -0.726. The molecule has 164 valence electrons. The number of hydrogen-bond acceptors (Lipinski definition) is 4. The van der Waals surface area contributed by atoms with E-state index in [-0.39, 0.29) is 24.4 Å². The lowest BCUT2D eigenvalue weighted by Crippen LogP contribution is -2.58. The first-order chi connectivity index (χ1) is 15.4. The van der Waals surface area contributed by atoms with Crippen molar-refractivity contribution in [1.82, 2.24) is 14.9 Å². The Morgan fingerprint density at radius 1 is 1.06 bits per heavy atom. The number of halogens is 3. The summed E-state index contributed by atoms with van der Waals surface area (Å²) in [6.07, 6.45) is 1.41. The van der Waals surface area contributed by atoms with Gasteiger partial charge in [0, 0.05) is 36.2 Å². The second-order valence-corrected chi connectivity index (χ2v) is 7.72. The lowest BCUT2D eigenvalue weighted by atomic mass is 10.0. The summed E-state index contributed by atoms with van der Waals surface area (Å²) < 4.78 is 47.2. The molecule has 2 aliphatic heterocycles. The smallest absolute Gasteiger partial charge is 0.341 e. The van der Waals surface area contributed by atoms with Crippen molar-refractivity contribution in [1.29, 1.82) is 0 Å². The van der Waals surface area contributed by atoms with Crippen LogP contribution in [-0.2, 0) is 0 Å². The molecule has 1 atom stereocenters. The molecule has 1 N–H and O–H groups in total. The average Bonchev–Trinajstić information content (AvgIpc) is 3.20.